The Labute approximate surface area is 106 Å². The summed E-state index contributed by atoms with van der Waals surface area (Å²) >= 11 is 5.35. The lowest BCUT2D eigenvalue weighted by atomic mass is 10.0. The number of aromatic amines is 1. The molecule has 0 amide bonds. The predicted octanol–water partition coefficient (Wildman–Crippen LogP) is 2.97. The van der Waals surface area contributed by atoms with Gasteiger partial charge in [0.05, 0.1) is 11.8 Å². The smallest absolute Gasteiger partial charge is 0.142 e. The van der Waals surface area contributed by atoms with Crippen LogP contribution in [0.25, 0.3) is 11.4 Å². The maximum atomic E-state index is 5.35. The number of nitrogens with zero attached hydrogens (tertiary/aromatic N) is 3. The van der Waals surface area contributed by atoms with Gasteiger partial charge in [-0.05, 0) is 12.8 Å². The van der Waals surface area contributed by atoms with Gasteiger partial charge in [0.2, 0.25) is 0 Å². The third-order valence-electron chi connectivity index (χ3n) is 2.71. The van der Waals surface area contributed by atoms with Crippen molar-refractivity contribution >= 4 is 12.2 Å². The lowest BCUT2D eigenvalue weighted by molar-refractivity contribution is 0.767. The van der Waals surface area contributed by atoms with E-state index in [1.165, 1.54) is 0 Å². The van der Waals surface area contributed by atoms with Gasteiger partial charge in [-0.15, -0.1) is 0 Å². The van der Waals surface area contributed by atoms with Gasteiger partial charge in [0.1, 0.15) is 10.5 Å². The molecule has 0 spiro atoms. The summed E-state index contributed by atoms with van der Waals surface area (Å²) in [5, 5.41) is 4.13. The molecule has 2 aromatic rings. The molecule has 90 valence electrons. The highest BCUT2D eigenvalue weighted by Crippen LogP contribution is 2.21. The van der Waals surface area contributed by atoms with E-state index in [2.05, 4.69) is 28.9 Å². The average molecular weight is 248 g/mol. The van der Waals surface area contributed by atoms with Gasteiger partial charge in [-0.1, -0.05) is 26.1 Å². The van der Waals surface area contributed by atoms with E-state index in [4.69, 9.17) is 12.2 Å². The van der Waals surface area contributed by atoms with Gasteiger partial charge < -0.3 is 4.98 Å². The zero-order chi connectivity index (χ0) is 12.6. The fourth-order valence-electron chi connectivity index (χ4n) is 1.96. The molecule has 0 fully saturated rings. The molecule has 17 heavy (non-hydrogen) atoms. The molecule has 0 bridgehead atoms. The summed E-state index contributed by atoms with van der Waals surface area (Å²) in [6.45, 7) is 6.28. The van der Waals surface area contributed by atoms with Crippen molar-refractivity contribution in [3.8, 4) is 11.4 Å². The lowest BCUT2D eigenvalue weighted by Crippen LogP contribution is -2.01. The number of hydrogen-bond donors (Lipinski definition) is 1. The molecular weight excluding hydrogens is 232 g/mol. The minimum Gasteiger partial charge on any atom is -0.343 e. The van der Waals surface area contributed by atoms with Crippen molar-refractivity contribution in [1.29, 1.82) is 0 Å². The Morgan fingerprint density at radius 2 is 2.12 bits per heavy atom. The summed E-state index contributed by atoms with van der Waals surface area (Å²) in [6, 6.07) is 0. The van der Waals surface area contributed by atoms with Gasteiger partial charge in [-0.2, -0.15) is 5.10 Å². The molecule has 1 N–H and O–H groups in total. The molecule has 0 aliphatic rings. The highest BCUT2D eigenvalue weighted by molar-refractivity contribution is 7.71. The second kappa shape index (κ2) is 4.41. The fourth-order valence-corrected chi connectivity index (χ4v) is 2.44. The van der Waals surface area contributed by atoms with Gasteiger partial charge >= 0.3 is 0 Å². The molecule has 2 aromatic heterocycles. The number of nitrogens with one attached hydrogen (secondary N) is 1. The van der Waals surface area contributed by atoms with E-state index in [1.807, 2.05) is 20.2 Å². The second-order valence-corrected chi connectivity index (χ2v) is 4.87. The number of aromatic nitrogens is 4. The molecule has 0 aliphatic heterocycles. The molecule has 2 heterocycles. The van der Waals surface area contributed by atoms with Crippen LogP contribution in [-0.4, -0.2) is 19.7 Å². The number of H-pyrrole nitrogens is 1. The third-order valence-corrected chi connectivity index (χ3v) is 3.02. The first-order valence-electron chi connectivity index (χ1n) is 5.59. The highest BCUT2D eigenvalue weighted by atomic mass is 32.1. The molecule has 0 aromatic carbocycles. The minimum atomic E-state index is 0.384. The summed E-state index contributed by atoms with van der Waals surface area (Å²) in [6.07, 6.45) is 3.70. The van der Waals surface area contributed by atoms with Gasteiger partial charge in [0, 0.05) is 24.5 Å². The Morgan fingerprint density at radius 3 is 2.59 bits per heavy atom. The molecule has 0 radical (unpaired) electrons. The van der Waals surface area contributed by atoms with E-state index in [1.54, 1.807) is 10.9 Å². The highest BCUT2D eigenvalue weighted by Gasteiger charge is 2.10. The Bertz CT molecular complexity index is 595. The topological polar surface area (TPSA) is 46.5 Å². The molecule has 5 heteroatoms. The van der Waals surface area contributed by atoms with Crippen molar-refractivity contribution in [2.45, 2.75) is 26.7 Å². The van der Waals surface area contributed by atoms with Crippen LogP contribution in [0.3, 0.4) is 0 Å². The normalized spacial score (nSPS) is 11.1. The van der Waals surface area contributed by atoms with Crippen molar-refractivity contribution in [1.82, 2.24) is 19.7 Å². The van der Waals surface area contributed by atoms with Crippen LogP contribution in [-0.2, 0) is 7.05 Å². The number of hydrogen-bond acceptors (Lipinski definition) is 3. The van der Waals surface area contributed by atoms with E-state index < -0.39 is 0 Å². The zero-order valence-corrected chi connectivity index (χ0v) is 11.3. The van der Waals surface area contributed by atoms with Crippen LogP contribution in [0.1, 0.15) is 31.0 Å². The van der Waals surface area contributed by atoms with Gasteiger partial charge in [0.15, 0.2) is 0 Å². The summed E-state index contributed by atoms with van der Waals surface area (Å²) < 4.78 is 2.43. The Morgan fingerprint density at radius 1 is 1.41 bits per heavy atom. The Balaban J connectivity index is 2.57. The van der Waals surface area contributed by atoms with E-state index >= 15 is 0 Å². The molecule has 0 atom stereocenters. The minimum absolute atomic E-state index is 0.384. The van der Waals surface area contributed by atoms with Gasteiger partial charge in [-0.25, -0.2) is 4.98 Å². The Kier molecular flexibility index (Phi) is 3.11. The second-order valence-electron chi connectivity index (χ2n) is 4.49. The standard InChI is InChI=1S/C12H16N4S/c1-7(2)10-8(3)14-11(15-12(10)17)9-5-13-16(4)6-9/h5-7H,1-4H3,(H,14,15,17). The van der Waals surface area contributed by atoms with Crippen molar-refractivity contribution in [2.24, 2.45) is 7.05 Å². The molecule has 2 rings (SSSR count). The van der Waals surface area contributed by atoms with Crippen molar-refractivity contribution < 1.29 is 0 Å². The number of aryl methyl sites for hydroxylation is 2. The van der Waals surface area contributed by atoms with Gasteiger partial charge in [-0.3, -0.25) is 4.68 Å². The first-order chi connectivity index (χ1) is 7.99. The van der Waals surface area contributed by atoms with Crippen LogP contribution < -0.4 is 0 Å². The largest absolute Gasteiger partial charge is 0.343 e. The van der Waals surface area contributed by atoms with Crippen LogP contribution in [0.15, 0.2) is 12.4 Å². The monoisotopic (exact) mass is 248 g/mol. The summed E-state index contributed by atoms with van der Waals surface area (Å²) in [4.78, 5) is 7.74. The van der Waals surface area contributed by atoms with Crippen LogP contribution >= 0.6 is 12.2 Å². The van der Waals surface area contributed by atoms with Crippen molar-refractivity contribution in [3.05, 3.63) is 28.3 Å². The van der Waals surface area contributed by atoms with E-state index in [0.29, 0.717) is 10.6 Å². The summed E-state index contributed by atoms with van der Waals surface area (Å²) in [5.74, 6) is 1.17. The average Bonchev–Trinajstić information content (AvgIpc) is 2.63. The fraction of sp³-hybridized carbons (Fsp3) is 0.417. The van der Waals surface area contributed by atoms with Crippen molar-refractivity contribution in [2.75, 3.05) is 0 Å². The molecule has 0 aliphatic carbocycles. The molecule has 0 unspecified atom stereocenters. The molecule has 4 nitrogen and oxygen atoms in total. The van der Waals surface area contributed by atoms with E-state index in [9.17, 15) is 0 Å². The summed E-state index contributed by atoms with van der Waals surface area (Å²) in [7, 11) is 1.88. The molecule has 0 saturated heterocycles. The maximum Gasteiger partial charge on any atom is 0.142 e. The van der Waals surface area contributed by atoms with Crippen molar-refractivity contribution in [3.63, 3.8) is 0 Å². The van der Waals surface area contributed by atoms with Crippen LogP contribution in [0.5, 0.6) is 0 Å². The van der Waals surface area contributed by atoms with E-state index in [-0.39, 0.29) is 0 Å². The maximum absolute atomic E-state index is 5.35. The quantitative estimate of drug-likeness (QED) is 0.831. The Hall–Kier alpha value is -1.49. The van der Waals surface area contributed by atoms with Crippen LogP contribution in [0.2, 0.25) is 0 Å². The SMILES string of the molecule is Cc1[nH]c(-c2cnn(C)c2)nc(=S)c1C(C)C. The number of rotatable bonds is 2. The van der Waals surface area contributed by atoms with E-state index in [0.717, 1.165) is 22.6 Å². The summed E-state index contributed by atoms with van der Waals surface area (Å²) in [5.41, 5.74) is 3.16. The molecular formula is C12H16N4S. The predicted molar refractivity (Wildman–Crippen MR) is 70.4 cm³/mol. The zero-order valence-electron chi connectivity index (χ0n) is 10.5. The van der Waals surface area contributed by atoms with Crippen LogP contribution in [0.4, 0.5) is 0 Å². The lowest BCUT2D eigenvalue weighted by Gasteiger charge is -2.10. The third kappa shape index (κ3) is 2.29. The molecule has 0 saturated carbocycles. The first kappa shape index (κ1) is 12.0. The first-order valence-corrected chi connectivity index (χ1v) is 5.99. The van der Waals surface area contributed by atoms with Crippen LogP contribution in [0, 0.1) is 11.6 Å². The van der Waals surface area contributed by atoms with Gasteiger partial charge in [0.25, 0.3) is 0 Å².